The van der Waals surface area contributed by atoms with Crippen LogP contribution in [0, 0.1) is 0 Å². The number of sulfonamides is 1. The van der Waals surface area contributed by atoms with E-state index in [9.17, 15) is 13.2 Å². The van der Waals surface area contributed by atoms with Gasteiger partial charge in [0.2, 0.25) is 10.0 Å². The molecule has 1 aliphatic heterocycles. The van der Waals surface area contributed by atoms with Gasteiger partial charge in [-0.3, -0.25) is 4.79 Å². The second-order valence-corrected chi connectivity index (χ2v) is 8.24. The Morgan fingerprint density at radius 3 is 2.67 bits per heavy atom. The third-order valence-corrected chi connectivity index (χ3v) is 6.10. The number of nitrogens with zero attached hydrogens (tertiary/aromatic N) is 1. The van der Waals surface area contributed by atoms with Gasteiger partial charge in [-0.05, 0) is 44.5 Å². The zero-order valence-electron chi connectivity index (χ0n) is 14.5. The summed E-state index contributed by atoms with van der Waals surface area (Å²) in [7, 11) is 0.581. The summed E-state index contributed by atoms with van der Waals surface area (Å²) in [6.45, 7) is 2.97. The van der Waals surface area contributed by atoms with Crippen molar-refractivity contribution in [2.75, 3.05) is 27.7 Å². The van der Waals surface area contributed by atoms with Gasteiger partial charge in [-0.25, -0.2) is 12.7 Å². The Balaban J connectivity index is 2.29. The van der Waals surface area contributed by atoms with Crippen molar-refractivity contribution in [3.8, 4) is 5.75 Å². The van der Waals surface area contributed by atoms with Crippen LogP contribution in [0.3, 0.4) is 0 Å². The average molecular weight is 355 g/mol. The quantitative estimate of drug-likeness (QED) is 0.816. The molecule has 0 aliphatic carbocycles. The van der Waals surface area contributed by atoms with Crippen LogP contribution in [0.2, 0.25) is 0 Å². The van der Waals surface area contributed by atoms with Crippen LogP contribution >= 0.6 is 0 Å². The van der Waals surface area contributed by atoms with Crippen LogP contribution in [-0.2, 0) is 10.0 Å². The third kappa shape index (κ3) is 3.88. The molecule has 1 saturated heterocycles. The Hall–Kier alpha value is -1.64. The highest BCUT2D eigenvalue weighted by Gasteiger charge is 2.26. The molecule has 0 radical (unpaired) electrons. The summed E-state index contributed by atoms with van der Waals surface area (Å²) in [5.74, 6) is -0.0682. The van der Waals surface area contributed by atoms with Gasteiger partial charge in [0.05, 0.1) is 7.11 Å². The summed E-state index contributed by atoms with van der Waals surface area (Å²) >= 11 is 0. The van der Waals surface area contributed by atoms with Crippen molar-refractivity contribution in [3.05, 3.63) is 23.8 Å². The van der Waals surface area contributed by atoms with E-state index in [-0.39, 0.29) is 28.6 Å². The van der Waals surface area contributed by atoms with E-state index in [0.29, 0.717) is 5.56 Å². The lowest BCUT2D eigenvalue weighted by molar-refractivity contribution is 0.0919. The van der Waals surface area contributed by atoms with Gasteiger partial charge in [0.15, 0.2) is 0 Å². The molecule has 24 heavy (non-hydrogen) atoms. The average Bonchev–Trinajstić information content (AvgIpc) is 2.56. The number of ether oxygens (including phenoxy) is 1. The minimum atomic E-state index is -3.70. The molecule has 7 nitrogen and oxygen atoms in total. The summed E-state index contributed by atoms with van der Waals surface area (Å²) in [6.07, 6.45) is 1.90. The fourth-order valence-electron chi connectivity index (χ4n) is 2.71. The first-order chi connectivity index (χ1) is 11.3. The molecular weight excluding hydrogens is 330 g/mol. The summed E-state index contributed by atoms with van der Waals surface area (Å²) in [5.41, 5.74) is 0.300. The van der Waals surface area contributed by atoms with E-state index in [1.165, 1.54) is 33.3 Å². The Bertz CT molecular complexity index is 703. The van der Waals surface area contributed by atoms with Crippen molar-refractivity contribution >= 4 is 15.9 Å². The third-order valence-electron chi connectivity index (χ3n) is 4.26. The topological polar surface area (TPSA) is 87.7 Å². The first-order valence-electron chi connectivity index (χ1n) is 7.92. The monoisotopic (exact) mass is 355 g/mol. The van der Waals surface area contributed by atoms with Gasteiger partial charge in [-0.1, -0.05) is 0 Å². The number of hydrogen-bond donors (Lipinski definition) is 2. The van der Waals surface area contributed by atoms with E-state index < -0.39 is 10.0 Å². The molecule has 8 heteroatoms. The molecule has 134 valence electrons. The number of piperidine rings is 1. The predicted molar refractivity (Wildman–Crippen MR) is 91.8 cm³/mol. The molecule has 0 saturated carbocycles. The highest BCUT2D eigenvalue weighted by atomic mass is 32.2. The minimum Gasteiger partial charge on any atom is -0.495 e. The molecule has 2 rings (SSSR count). The number of methoxy groups -OCH3 is 1. The number of rotatable bonds is 5. The molecule has 0 spiro atoms. The maximum absolute atomic E-state index is 12.5. The van der Waals surface area contributed by atoms with E-state index in [1.807, 2.05) is 6.92 Å². The number of carbonyl (C=O) groups excluding carboxylic acids is 1. The summed E-state index contributed by atoms with van der Waals surface area (Å²) in [5, 5.41) is 6.30. The van der Waals surface area contributed by atoms with E-state index in [1.54, 1.807) is 6.07 Å². The molecule has 0 aromatic heterocycles. The molecule has 1 aromatic carbocycles. The number of amides is 1. The fourth-order valence-corrected chi connectivity index (χ4v) is 3.78. The summed E-state index contributed by atoms with van der Waals surface area (Å²) in [4.78, 5) is 12.5. The molecule has 0 bridgehead atoms. The van der Waals surface area contributed by atoms with Crippen LogP contribution in [0.4, 0.5) is 0 Å². The van der Waals surface area contributed by atoms with Crippen LogP contribution < -0.4 is 15.4 Å². The van der Waals surface area contributed by atoms with Crippen molar-refractivity contribution < 1.29 is 17.9 Å². The molecule has 1 aromatic rings. The van der Waals surface area contributed by atoms with Gasteiger partial charge in [0, 0.05) is 31.7 Å². The lowest BCUT2D eigenvalue weighted by Crippen LogP contribution is -2.51. The maximum atomic E-state index is 12.5. The number of benzene rings is 1. The SMILES string of the molecule is COc1ccc(C(=O)NC2CCCNC2C)cc1S(=O)(=O)N(C)C. The summed E-state index contributed by atoms with van der Waals surface area (Å²) in [6, 6.07) is 4.66. The molecule has 1 fully saturated rings. The van der Waals surface area contributed by atoms with Crippen LogP contribution in [0.5, 0.6) is 5.75 Å². The van der Waals surface area contributed by atoms with Crippen molar-refractivity contribution in [2.24, 2.45) is 0 Å². The highest BCUT2D eigenvalue weighted by molar-refractivity contribution is 7.89. The Kier molecular flexibility index (Phi) is 5.84. The van der Waals surface area contributed by atoms with Crippen LogP contribution in [0.15, 0.2) is 23.1 Å². The molecule has 2 atom stereocenters. The van der Waals surface area contributed by atoms with Gasteiger partial charge in [-0.2, -0.15) is 0 Å². The van der Waals surface area contributed by atoms with E-state index in [0.717, 1.165) is 23.7 Å². The number of hydrogen-bond acceptors (Lipinski definition) is 5. The van der Waals surface area contributed by atoms with Crippen molar-refractivity contribution in [2.45, 2.75) is 36.7 Å². The predicted octanol–water partition coefficient (Wildman–Crippen LogP) is 0.816. The van der Waals surface area contributed by atoms with E-state index in [2.05, 4.69) is 10.6 Å². The van der Waals surface area contributed by atoms with Crippen LogP contribution in [0.25, 0.3) is 0 Å². The smallest absolute Gasteiger partial charge is 0.251 e. The van der Waals surface area contributed by atoms with E-state index >= 15 is 0 Å². The lowest BCUT2D eigenvalue weighted by Gasteiger charge is -2.30. The minimum absolute atomic E-state index is 0.0162. The number of carbonyl (C=O) groups is 1. The second kappa shape index (κ2) is 7.50. The summed E-state index contributed by atoms with van der Waals surface area (Å²) < 4.78 is 31.1. The van der Waals surface area contributed by atoms with Gasteiger partial charge >= 0.3 is 0 Å². The molecule has 1 amide bonds. The fraction of sp³-hybridized carbons (Fsp3) is 0.562. The zero-order chi connectivity index (χ0) is 17.9. The standard InChI is InChI=1S/C16H25N3O4S/c1-11-13(6-5-9-17-11)18-16(20)12-7-8-14(23-4)15(10-12)24(21,22)19(2)3/h7-8,10-11,13,17H,5-6,9H2,1-4H3,(H,18,20). The van der Waals surface area contributed by atoms with Gasteiger partial charge in [-0.15, -0.1) is 0 Å². The normalized spacial score (nSPS) is 21.5. The molecule has 1 aliphatic rings. The first-order valence-corrected chi connectivity index (χ1v) is 9.36. The molecule has 1 heterocycles. The highest BCUT2D eigenvalue weighted by Crippen LogP contribution is 2.27. The molecule has 2 N–H and O–H groups in total. The van der Waals surface area contributed by atoms with Gasteiger partial charge < -0.3 is 15.4 Å². The lowest BCUT2D eigenvalue weighted by atomic mass is 9.99. The van der Waals surface area contributed by atoms with Crippen LogP contribution in [-0.4, -0.2) is 58.5 Å². The Labute approximate surface area is 143 Å². The molecular formula is C16H25N3O4S. The van der Waals surface area contributed by atoms with Crippen molar-refractivity contribution in [3.63, 3.8) is 0 Å². The Morgan fingerprint density at radius 1 is 1.38 bits per heavy atom. The van der Waals surface area contributed by atoms with Crippen LogP contribution in [0.1, 0.15) is 30.1 Å². The second-order valence-electron chi connectivity index (χ2n) is 6.12. The van der Waals surface area contributed by atoms with Gasteiger partial charge in [0.25, 0.3) is 5.91 Å². The number of nitrogens with one attached hydrogen (secondary N) is 2. The largest absolute Gasteiger partial charge is 0.495 e. The van der Waals surface area contributed by atoms with Crippen molar-refractivity contribution in [1.29, 1.82) is 0 Å². The Morgan fingerprint density at radius 2 is 2.08 bits per heavy atom. The van der Waals surface area contributed by atoms with E-state index in [4.69, 9.17) is 4.74 Å². The molecule has 2 unspecified atom stereocenters. The first kappa shape index (κ1) is 18.7. The van der Waals surface area contributed by atoms with Gasteiger partial charge in [0.1, 0.15) is 10.6 Å². The zero-order valence-corrected chi connectivity index (χ0v) is 15.3. The maximum Gasteiger partial charge on any atom is 0.251 e. The van der Waals surface area contributed by atoms with Crippen molar-refractivity contribution in [1.82, 2.24) is 14.9 Å².